The molecule has 3 aromatic rings. The number of nitrogens with two attached hydrogens (primary N) is 1. The van der Waals surface area contributed by atoms with Gasteiger partial charge in [-0.2, -0.15) is 4.98 Å². The number of carbonyl (C=O) groups is 2. The molecule has 9 nitrogen and oxygen atoms in total. The Balaban J connectivity index is 1.39. The van der Waals surface area contributed by atoms with Crippen LogP contribution in [0.4, 0.5) is 11.7 Å². The van der Waals surface area contributed by atoms with Gasteiger partial charge in [-0.3, -0.25) is 14.5 Å². The Labute approximate surface area is 211 Å². The molecule has 0 saturated carbocycles. The van der Waals surface area contributed by atoms with Gasteiger partial charge in [0.1, 0.15) is 11.3 Å². The smallest absolute Gasteiger partial charge is 0.295 e. The van der Waals surface area contributed by atoms with Gasteiger partial charge in [0, 0.05) is 32.6 Å². The molecular weight excluding hydrogens is 549 g/mol. The van der Waals surface area contributed by atoms with E-state index in [4.69, 9.17) is 14.9 Å². The van der Waals surface area contributed by atoms with Crippen LogP contribution in [-0.2, 0) is 11.3 Å². The largest absolute Gasteiger partial charge is 0.493 e. The number of piperidine rings is 1. The van der Waals surface area contributed by atoms with Crippen molar-refractivity contribution in [2.24, 2.45) is 5.73 Å². The van der Waals surface area contributed by atoms with Gasteiger partial charge >= 0.3 is 0 Å². The highest BCUT2D eigenvalue weighted by Gasteiger charge is 2.22. The summed E-state index contributed by atoms with van der Waals surface area (Å²) in [5.41, 5.74) is 8.68. The number of benzene rings is 2. The molecule has 0 atom stereocenters. The summed E-state index contributed by atoms with van der Waals surface area (Å²) in [5.74, 6) is 0.155. The predicted octanol–water partition coefficient (Wildman–Crippen LogP) is 3.96. The van der Waals surface area contributed by atoms with Crippen LogP contribution in [0.15, 0.2) is 34.7 Å². The fourth-order valence-electron chi connectivity index (χ4n) is 4.16. The van der Waals surface area contributed by atoms with Gasteiger partial charge in [0.05, 0.1) is 21.4 Å². The van der Waals surface area contributed by atoms with E-state index in [9.17, 15) is 9.59 Å². The number of nitrogens with one attached hydrogen (secondary N) is 2. The molecule has 0 unspecified atom stereocenters. The molecule has 0 spiro atoms. The Morgan fingerprint density at radius 3 is 2.74 bits per heavy atom. The highest BCUT2D eigenvalue weighted by Crippen LogP contribution is 2.32. The van der Waals surface area contributed by atoms with Crippen LogP contribution in [0, 0.1) is 3.57 Å². The summed E-state index contributed by atoms with van der Waals surface area (Å²) in [6.45, 7) is 6.58. The number of para-hydroxylation sites is 1. The first-order chi connectivity index (χ1) is 16.3. The minimum atomic E-state index is -0.525. The molecule has 180 valence electrons. The Morgan fingerprint density at radius 2 is 2.06 bits per heavy atom. The number of hydrogen-bond donors (Lipinski definition) is 3. The summed E-state index contributed by atoms with van der Waals surface area (Å²) in [7, 11) is 0. The van der Waals surface area contributed by atoms with E-state index in [0.29, 0.717) is 29.3 Å². The molecular formula is C24H28IN5O4. The molecule has 2 aromatic carbocycles. The van der Waals surface area contributed by atoms with Crippen LogP contribution in [0.2, 0.25) is 0 Å². The van der Waals surface area contributed by atoms with Crippen molar-refractivity contribution in [3.8, 4) is 5.75 Å². The van der Waals surface area contributed by atoms with Crippen molar-refractivity contribution in [2.45, 2.75) is 39.3 Å². The lowest BCUT2D eigenvalue weighted by Gasteiger charge is -2.32. The molecule has 0 radical (unpaired) electrons. The van der Waals surface area contributed by atoms with Gasteiger partial charge in [0.2, 0.25) is 5.91 Å². The van der Waals surface area contributed by atoms with Crippen molar-refractivity contribution >= 4 is 57.2 Å². The van der Waals surface area contributed by atoms with Gasteiger partial charge in [-0.05, 0) is 72.2 Å². The lowest BCUT2D eigenvalue weighted by atomic mass is 10.0. The fraction of sp³-hybridized carbons (Fsp3) is 0.375. The van der Waals surface area contributed by atoms with E-state index >= 15 is 0 Å². The minimum absolute atomic E-state index is 0.105. The molecule has 1 aliphatic heterocycles. The van der Waals surface area contributed by atoms with Gasteiger partial charge in [0.15, 0.2) is 5.58 Å². The number of oxazole rings is 1. The van der Waals surface area contributed by atoms with Gasteiger partial charge in [-0.25, -0.2) is 0 Å². The average Bonchev–Trinajstić information content (AvgIpc) is 3.20. The molecule has 2 amide bonds. The summed E-state index contributed by atoms with van der Waals surface area (Å²) in [6, 6.07) is 9.84. The normalized spacial score (nSPS) is 14.8. The molecule has 4 rings (SSSR count). The Kier molecular flexibility index (Phi) is 7.57. The Bertz CT molecular complexity index is 1200. The predicted molar refractivity (Wildman–Crippen MR) is 139 cm³/mol. The van der Waals surface area contributed by atoms with Gasteiger partial charge in [-0.1, -0.05) is 6.07 Å². The maximum atomic E-state index is 11.6. The maximum absolute atomic E-state index is 11.6. The first-order valence-corrected chi connectivity index (χ1v) is 12.3. The number of halogens is 1. The second-order valence-electron chi connectivity index (χ2n) is 8.30. The van der Waals surface area contributed by atoms with Crippen LogP contribution < -0.4 is 21.1 Å². The second kappa shape index (κ2) is 10.6. The quantitative estimate of drug-likeness (QED) is 0.347. The number of ether oxygens (including phenoxy) is 1. The van der Waals surface area contributed by atoms with Crippen molar-refractivity contribution in [1.29, 1.82) is 0 Å². The van der Waals surface area contributed by atoms with Crippen LogP contribution in [-0.4, -0.2) is 47.4 Å². The van der Waals surface area contributed by atoms with Crippen molar-refractivity contribution < 1.29 is 18.7 Å². The van der Waals surface area contributed by atoms with Crippen LogP contribution in [0.25, 0.3) is 11.1 Å². The van der Waals surface area contributed by atoms with E-state index in [-0.39, 0.29) is 11.9 Å². The number of fused-ring (bicyclic) bond motifs is 1. The third-order valence-corrected chi connectivity index (χ3v) is 6.83. The molecule has 4 N–H and O–H groups in total. The number of aromatic nitrogens is 1. The zero-order chi connectivity index (χ0) is 24.2. The molecule has 34 heavy (non-hydrogen) atoms. The first-order valence-electron chi connectivity index (χ1n) is 11.2. The topological polar surface area (TPSA) is 123 Å². The van der Waals surface area contributed by atoms with E-state index in [0.717, 1.165) is 53.0 Å². The van der Waals surface area contributed by atoms with E-state index in [1.807, 2.05) is 13.0 Å². The molecule has 1 aromatic heterocycles. The first kappa shape index (κ1) is 24.3. The van der Waals surface area contributed by atoms with Crippen molar-refractivity contribution in [2.75, 3.05) is 30.3 Å². The van der Waals surface area contributed by atoms with Gasteiger partial charge < -0.3 is 25.5 Å². The number of carbonyl (C=O) groups excluding carboxylic acids is 2. The molecule has 0 aliphatic carbocycles. The lowest BCUT2D eigenvalue weighted by molar-refractivity contribution is -0.114. The summed E-state index contributed by atoms with van der Waals surface area (Å²) in [5, 5.41) is 6.26. The summed E-state index contributed by atoms with van der Waals surface area (Å²) < 4.78 is 12.5. The van der Waals surface area contributed by atoms with E-state index in [1.165, 1.54) is 6.92 Å². The van der Waals surface area contributed by atoms with E-state index in [2.05, 4.69) is 49.2 Å². The monoisotopic (exact) mass is 577 g/mol. The number of amides is 2. The number of hydrogen-bond acceptors (Lipinski definition) is 7. The Morgan fingerprint density at radius 1 is 1.29 bits per heavy atom. The summed E-state index contributed by atoms with van der Waals surface area (Å²) in [4.78, 5) is 30.1. The van der Waals surface area contributed by atoms with Crippen molar-refractivity contribution in [3.05, 3.63) is 45.0 Å². The second-order valence-corrected chi connectivity index (χ2v) is 9.38. The number of primary amides is 1. The number of anilines is 2. The number of rotatable bonds is 8. The SMILES string of the molecule is CCOc1cc(CN2CCC(Nc3nc4c(C(N)=O)cccc4o3)CC2)cc(NC(C)=O)c1I. The minimum Gasteiger partial charge on any atom is -0.493 e. The summed E-state index contributed by atoms with van der Waals surface area (Å²) in [6.07, 6.45) is 1.84. The zero-order valence-corrected chi connectivity index (χ0v) is 21.3. The molecule has 2 heterocycles. The third kappa shape index (κ3) is 5.61. The molecule has 1 fully saturated rings. The highest BCUT2D eigenvalue weighted by atomic mass is 127. The molecule has 0 bridgehead atoms. The lowest BCUT2D eigenvalue weighted by Crippen LogP contribution is -2.38. The number of likely N-dealkylation sites (tertiary alicyclic amines) is 1. The van der Waals surface area contributed by atoms with Crippen LogP contribution in [0.3, 0.4) is 0 Å². The van der Waals surface area contributed by atoms with E-state index in [1.54, 1.807) is 18.2 Å². The maximum Gasteiger partial charge on any atom is 0.295 e. The van der Waals surface area contributed by atoms with Crippen LogP contribution >= 0.6 is 22.6 Å². The molecule has 1 aliphatic rings. The van der Waals surface area contributed by atoms with Crippen LogP contribution in [0.1, 0.15) is 42.6 Å². The Hall–Kier alpha value is -2.86. The van der Waals surface area contributed by atoms with Gasteiger partial charge in [0.25, 0.3) is 11.9 Å². The molecule has 1 saturated heterocycles. The average molecular weight is 577 g/mol. The standard InChI is InChI=1S/C24H28IN5O4/c1-3-33-20-12-15(11-18(21(20)25)27-14(2)31)13-30-9-7-16(8-10-30)28-24-29-22-17(23(26)32)5-4-6-19(22)34-24/h4-6,11-12,16H,3,7-10,13H2,1-2H3,(H2,26,32)(H,27,31)(H,28,29). The third-order valence-electron chi connectivity index (χ3n) is 5.72. The number of nitrogens with zero attached hydrogens (tertiary/aromatic N) is 2. The van der Waals surface area contributed by atoms with Crippen LogP contribution in [0.5, 0.6) is 5.75 Å². The molecule has 10 heteroatoms. The fourth-order valence-corrected chi connectivity index (χ4v) is 4.77. The zero-order valence-electron chi connectivity index (χ0n) is 19.2. The van der Waals surface area contributed by atoms with Crippen molar-refractivity contribution in [3.63, 3.8) is 0 Å². The summed E-state index contributed by atoms with van der Waals surface area (Å²) >= 11 is 2.21. The van der Waals surface area contributed by atoms with E-state index < -0.39 is 5.91 Å². The van der Waals surface area contributed by atoms with Gasteiger partial charge in [-0.15, -0.1) is 0 Å². The highest BCUT2D eigenvalue weighted by molar-refractivity contribution is 14.1. The van der Waals surface area contributed by atoms with Crippen molar-refractivity contribution in [1.82, 2.24) is 9.88 Å².